The number of methoxy groups -OCH3 is 2. The van der Waals surface area contributed by atoms with E-state index in [0.717, 1.165) is 25.7 Å². The summed E-state index contributed by atoms with van der Waals surface area (Å²) in [7, 11) is 2.85. The number of nitrogens with one attached hydrogen (secondary N) is 1. The number of hydroxylamine groups is 1. The lowest BCUT2D eigenvalue weighted by molar-refractivity contribution is -0.792. The first-order valence-corrected chi connectivity index (χ1v) is 10.5. The lowest BCUT2D eigenvalue weighted by Crippen LogP contribution is -3.06. The Morgan fingerprint density at radius 3 is 2.68 bits per heavy atom. The van der Waals surface area contributed by atoms with Crippen LogP contribution in [-0.4, -0.2) is 43.1 Å². The number of pyridine rings is 1. The zero-order valence-electron chi connectivity index (χ0n) is 17.6. The largest absolute Gasteiger partial charge is 0.628 e. The summed E-state index contributed by atoms with van der Waals surface area (Å²) >= 11 is 0. The normalized spacial score (nSPS) is 21.6. The number of quaternary nitrogens is 1. The van der Waals surface area contributed by atoms with Crippen LogP contribution in [-0.2, 0) is 9.53 Å². The van der Waals surface area contributed by atoms with Crippen LogP contribution in [0.1, 0.15) is 54.1 Å². The van der Waals surface area contributed by atoms with Gasteiger partial charge in [0.2, 0.25) is 5.78 Å². The molecule has 164 valence electrons. The fraction of sp³-hybridized carbons (Fsp3) is 0.435. The van der Waals surface area contributed by atoms with Crippen molar-refractivity contribution in [3.63, 3.8) is 0 Å². The number of benzene rings is 1. The number of aromatic nitrogens is 1. The highest BCUT2D eigenvalue weighted by Crippen LogP contribution is 2.37. The summed E-state index contributed by atoms with van der Waals surface area (Å²) < 4.78 is 16.5. The quantitative estimate of drug-likeness (QED) is 0.535. The molecule has 1 fully saturated rings. The van der Waals surface area contributed by atoms with Crippen LogP contribution in [0.4, 0.5) is 5.69 Å². The van der Waals surface area contributed by atoms with Crippen molar-refractivity contribution in [1.82, 2.24) is 4.98 Å². The molecule has 1 aromatic carbocycles. The van der Waals surface area contributed by atoms with Crippen LogP contribution in [0, 0.1) is 5.21 Å². The smallest absolute Gasteiger partial charge is 0.306 e. The SMILES string of the molecule is COC(=O)CC(c1ccc(OC)c(OC2CCCC2)c1)C1C(=O)c2ncccc2[NH+]1[O-]. The molecule has 0 saturated heterocycles. The highest BCUT2D eigenvalue weighted by atomic mass is 16.5. The van der Waals surface area contributed by atoms with Gasteiger partial charge < -0.3 is 24.5 Å². The van der Waals surface area contributed by atoms with E-state index in [2.05, 4.69) is 4.98 Å². The van der Waals surface area contributed by atoms with Crippen molar-refractivity contribution in [2.75, 3.05) is 14.2 Å². The summed E-state index contributed by atoms with van der Waals surface area (Å²) in [6, 6.07) is 7.49. The number of rotatable bonds is 7. The van der Waals surface area contributed by atoms with Gasteiger partial charge in [-0.3, -0.25) is 9.59 Å². The minimum absolute atomic E-state index is 0.103. The van der Waals surface area contributed by atoms with E-state index >= 15 is 0 Å². The number of nitrogens with zero attached hydrogens (tertiary/aromatic N) is 1. The molecule has 2 heterocycles. The second kappa shape index (κ2) is 9.03. The van der Waals surface area contributed by atoms with E-state index in [1.54, 1.807) is 37.4 Å². The highest BCUT2D eigenvalue weighted by molar-refractivity contribution is 6.04. The van der Waals surface area contributed by atoms with E-state index < -0.39 is 17.9 Å². The van der Waals surface area contributed by atoms with Gasteiger partial charge in [-0.1, -0.05) is 6.07 Å². The molecule has 0 radical (unpaired) electrons. The number of Topliss-reactive ketones (excluding diaryl/α,β-unsaturated/α-hetero) is 1. The summed E-state index contributed by atoms with van der Waals surface area (Å²) in [5, 5.41) is 12.8. The molecule has 8 nitrogen and oxygen atoms in total. The van der Waals surface area contributed by atoms with Crippen molar-refractivity contribution >= 4 is 17.4 Å². The molecule has 2 aromatic rings. The van der Waals surface area contributed by atoms with Crippen molar-refractivity contribution < 1.29 is 28.9 Å². The molecule has 8 heteroatoms. The van der Waals surface area contributed by atoms with Crippen LogP contribution in [0.5, 0.6) is 11.5 Å². The summed E-state index contributed by atoms with van der Waals surface area (Å²) in [5.74, 6) is -0.442. The Morgan fingerprint density at radius 1 is 1.23 bits per heavy atom. The van der Waals surface area contributed by atoms with Gasteiger partial charge in [-0.25, -0.2) is 4.98 Å². The molecule has 0 amide bonds. The molecule has 2 aliphatic rings. The average molecular weight is 426 g/mol. The maximum absolute atomic E-state index is 13.1. The Hall–Kier alpha value is -2.97. The van der Waals surface area contributed by atoms with E-state index in [4.69, 9.17) is 14.2 Å². The summed E-state index contributed by atoms with van der Waals surface area (Å²) in [5.41, 5.74) is 1.10. The summed E-state index contributed by atoms with van der Waals surface area (Å²) in [6.45, 7) is 0. The van der Waals surface area contributed by atoms with E-state index in [9.17, 15) is 14.8 Å². The van der Waals surface area contributed by atoms with E-state index in [1.807, 2.05) is 0 Å². The number of carbonyl (C=O) groups excluding carboxylic acids is 2. The fourth-order valence-electron chi connectivity index (χ4n) is 4.49. The van der Waals surface area contributed by atoms with Gasteiger partial charge in [0.15, 0.2) is 28.9 Å². The number of carbonyl (C=O) groups is 2. The molecule has 1 aromatic heterocycles. The lowest BCUT2D eigenvalue weighted by atomic mass is 9.86. The van der Waals surface area contributed by atoms with Gasteiger partial charge in [-0.05, 0) is 49.4 Å². The minimum atomic E-state index is -1.03. The predicted octanol–water partition coefficient (Wildman–Crippen LogP) is 2.34. The van der Waals surface area contributed by atoms with Crippen LogP contribution >= 0.6 is 0 Å². The second-order valence-electron chi connectivity index (χ2n) is 7.93. The first-order valence-electron chi connectivity index (χ1n) is 10.5. The standard InChI is InChI=1S/C23H26N2O6/c1-29-18-10-9-14(12-19(18)31-15-6-3-4-7-15)16(13-20(26)30-2)22-23(27)21-17(25(22)28)8-5-11-24-21/h5,8-12,15-16,22,25H,3-4,6-7,13H2,1-2H3. The molecule has 1 N–H and O–H groups in total. The van der Waals surface area contributed by atoms with Gasteiger partial charge in [-0.2, -0.15) is 0 Å². The first kappa shape index (κ1) is 21.3. The third kappa shape index (κ3) is 4.13. The fourth-order valence-corrected chi connectivity index (χ4v) is 4.49. The Kier molecular flexibility index (Phi) is 6.20. The molecule has 0 spiro atoms. The van der Waals surface area contributed by atoms with E-state index in [1.165, 1.54) is 13.3 Å². The number of esters is 1. The number of fused-ring (bicyclic) bond motifs is 1. The molecule has 0 bridgehead atoms. The number of ketones is 1. The third-order valence-electron chi connectivity index (χ3n) is 6.10. The monoisotopic (exact) mass is 426 g/mol. The Labute approximate surface area is 180 Å². The Bertz CT molecular complexity index is 972. The molecule has 1 aliphatic carbocycles. The Morgan fingerprint density at radius 2 is 2.00 bits per heavy atom. The number of ether oxygens (including phenoxy) is 3. The molecular weight excluding hydrogens is 400 g/mol. The molecule has 31 heavy (non-hydrogen) atoms. The number of hydrogen-bond donors (Lipinski definition) is 1. The van der Waals surface area contributed by atoms with Crippen LogP contribution in [0.3, 0.4) is 0 Å². The van der Waals surface area contributed by atoms with Crippen molar-refractivity contribution in [2.24, 2.45) is 0 Å². The van der Waals surface area contributed by atoms with Crippen molar-refractivity contribution in [3.05, 3.63) is 53.0 Å². The Balaban J connectivity index is 1.71. The van der Waals surface area contributed by atoms with Crippen LogP contribution in [0.25, 0.3) is 0 Å². The van der Waals surface area contributed by atoms with Gasteiger partial charge in [0.1, 0.15) is 0 Å². The maximum Gasteiger partial charge on any atom is 0.306 e. The molecule has 1 aliphatic heterocycles. The van der Waals surface area contributed by atoms with E-state index in [-0.39, 0.29) is 29.1 Å². The topological polar surface area (TPSA) is 102 Å². The summed E-state index contributed by atoms with van der Waals surface area (Å²) in [4.78, 5) is 29.4. The molecule has 3 atom stereocenters. The van der Waals surface area contributed by atoms with Crippen LogP contribution < -0.4 is 14.5 Å². The van der Waals surface area contributed by atoms with Crippen molar-refractivity contribution in [2.45, 2.75) is 50.2 Å². The average Bonchev–Trinajstić information content (AvgIpc) is 3.39. The van der Waals surface area contributed by atoms with Crippen molar-refractivity contribution in [3.8, 4) is 11.5 Å². The van der Waals surface area contributed by atoms with Gasteiger partial charge in [0.25, 0.3) is 0 Å². The van der Waals surface area contributed by atoms with Gasteiger partial charge >= 0.3 is 5.97 Å². The van der Waals surface area contributed by atoms with Crippen LogP contribution in [0.15, 0.2) is 36.5 Å². The zero-order valence-corrected chi connectivity index (χ0v) is 17.6. The lowest BCUT2D eigenvalue weighted by Gasteiger charge is -2.30. The van der Waals surface area contributed by atoms with Crippen molar-refractivity contribution in [1.29, 1.82) is 0 Å². The van der Waals surface area contributed by atoms with Crippen LogP contribution in [0.2, 0.25) is 0 Å². The van der Waals surface area contributed by atoms with Gasteiger partial charge in [0, 0.05) is 12.3 Å². The first-order chi connectivity index (χ1) is 15.0. The molecule has 3 unspecified atom stereocenters. The molecule has 4 rings (SSSR count). The second-order valence-corrected chi connectivity index (χ2v) is 7.93. The summed E-state index contributed by atoms with van der Waals surface area (Å²) in [6.07, 6.45) is 5.66. The van der Waals surface area contributed by atoms with Gasteiger partial charge in [-0.15, -0.1) is 0 Å². The van der Waals surface area contributed by atoms with Gasteiger partial charge in [0.05, 0.1) is 32.7 Å². The minimum Gasteiger partial charge on any atom is -0.628 e. The third-order valence-corrected chi connectivity index (χ3v) is 6.10. The number of hydrogen-bond acceptors (Lipinski definition) is 7. The predicted molar refractivity (Wildman–Crippen MR) is 112 cm³/mol. The zero-order chi connectivity index (χ0) is 22.0. The van der Waals surface area contributed by atoms with E-state index in [0.29, 0.717) is 22.7 Å². The highest BCUT2D eigenvalue weighted by Gasteiger charge is 2.46. The maximum atomic E-state index is 13.1. The molecular formula is C23H26N2O6. The molecule has 1 saturated carbocycles.